The van der Waals surface area contributed by atoms with Crippen LogP contribution in [0.5, 0.6) is 0 Å². The van der Waals surface area contributed by atoms with Crippen molar-refractivity contribution in [2.45, 2.75) is 46.1 Å². The van der Waals surface area contributed by atoms with Crippen molar-refractivity contribution in [3.05, 3.63) is 135 Å². The molecule has 0 bridgehead atoms. The van der Waals surface area contributed by atoms with Crippen molar-refractivity contribution in [3.8, 4) is 0 Å². The minimum atomic E-state index is -5.07. The molecule has 26 heteroatoms. The van der Waals surface area contributed by atoms with Crippen LogP contribution >= 0.6 is 0 Å². The summed E-state index contributed by atoms with van der Waals surface area (Å²) in [4.78, 5) is 39.1. The van der Waals surface area contributed by atoms with Gasteiger partial charge in [-0.3, -0.25) is 28.9 Å². The number of rotatable bonds is 16. The Labute approximate surface area is 412 Å². The Morgan fingerprint density at radius 1 is 0.699 bits per heavy atom. The second kappa shape index (κ2) is 21.1. The first-order valence-corrected chi connectivity index (χ1v) is 22.3. The van der Waals surface area contributed by atoms with E-state index < -0.39 is 52.6 Å². The van der Waals surface area contributed by atoms with E-state index in [0.717, 1.165) is 23.3 Å². The summed E-state index contributed by atoms with van der Waals surface area (Å²) in [6.45, 7) is 6.26. The van der Waals surface area contributed by atoms with E-state index >= 15 is 4.39 Å². The molecule has 7 rings (SSSR count). The molecule has 0 unspecified atom stereocenters. The number of carbonyl (C=O) groups is 2. The number of carbonyl (C=O) groups excluding carboxylic acids is 2. The number of anilines is 5. The number of aromatic nitrogens is 6. The number of hydrazine groups is 2. The molecule has 2 amide bonds. The lowest BCUT2D eigenvalue weighted by molar-refractivity contribution is -0.140. The van der Waals surface area contributed by atoms with Crippen LogP contribution < -0.4 is 37.2 Å². The number of alkyl halides is 6. The fourth-order valence-corrected chi connectivity index (χ4v) is 8.04. The Bertz CT molecular complexity index is 3090. The number of nitrogens with two attached hydrogens (primary N) is 2. The number of hydrogen-bond acceptors (Lipinski definition) is 14. The number of likely N-dealkylation sites (N-methyl/N-ethyl adjacent to an activating group) is 1. The van der Waals surface area contributed by atoms with Gasteiger partial charge in [0.1, 0.15) is 5.82 Å². The lowest BCUT2D eigenvalue weighted by Crippen LogP contribution is -2.45. The maximum atomic E-state index is 15.4. The summed E-state index contributed by atoms with van der Waals surface area (Å²) in [5.41, 5.74) is -0.886. The highest BCUT2D eigenvalue weighted by atomic mass is 19.4. The van der Waals surface area contributed by atoms with Gasteiger partial charge in [-0.15, -0.1) is 0 Å². The van der Waals surface area contributed by atoms with Gasteiger partial charge < -0.3 is 41.3 Å². The van der Waals surface area contributed by atoms with E-state index in [1.807, 2.05) is 11.9 Å². The smallest absolute Gasteiger partial charge is 0.367 e. The molecule has 1 saturated heterocycles. The summed E-state index contributed by atoms with van der Waals surface area (Å²) in [6.07, 6.45) is -4.48. The zero-order valence-corrected chi connectivity index (χ0v) is 40.0. The normalized spacial score (nSPS) is 13.3. The molecule has 1 aliphatic heterocycles. The van der Waals surface area contributed by atoms with Crippen molar-refractivity contribution < 1.29 is 44.7 Å². The van der Waals surface area contributed by atoms with Gasteiger partial charge in [0.15, 0.2) is 5.82 Å². The molecule has 1 fully saturated rings. The molecule has 0 saturated carbocycles. The van der Waals surface area contributed by atoms with Crippen LogP contribution in [-0.4, -0.2) is 104 Å². The van der Waals surface area contributed by atoms with Crippen molar-refractivity contribution in [3.63, 3.8) is 0 Å². The molecule has 6 aromatic rings. The number of aryl methyl sites for hydroxylation is 4. The minimum absolute atomic E-state index is 0.00868. The summed E-state index contributed by atoms with van der Waals surface area (Å²) >= 11 is 0. The molecule has 73 heavy (non-hydrogen) atoms. The van der Waals surface area contributed by atoms with E-state index in [1.54, 1.807) is 37.2 Å². The first-order valence-electron chi connectivity index (χ1n) is 22.3. The van der Waals surface area contributed by atoms with E-state index in [0.29, 0.717) is 65.2 Å². The quantitative estimate of drug-likeness (QED) is 0.0259. The highest BCUT2D eigenvalue weighted by molar-refractivity contribution is 6.06. The molecule has 0 aliphatic carbocycles. The fraction of sp³-hybridized carbons (Fsp3) is 0.319. The van der Waals surface area contributed by atoms with E-state index in [1.165, 1.54) is 40.6 Å². The average molecular weight is 1020 g/mol. The number of nitrogens with zero attached hydrogens (tertiary/aromatic N) is 10. The van der Waals surface area contributed by atoms with Crippen LogP contribution in [0, 0.1) is 43.2 Å². The molecular formula is C47H50F8N16O2. The largest absolute Gasteiger partial charge is 0.419 e. The Kier molecular flexibility index (Phi) is 15.3. The molecule has 0 spiro atoms. The van der Waals surface area contributed by atoms with E-state index in [-0.39, 0.29) is 84.4 Å². The monoisotopic (exact) mass is 1020 g/mol. The van der Waals surface area contributed by atoms with Crippen molar-refractivity contribution in [2.75, 3.05) is 71.9 Å². The van der Waals surface area contributed by atoms with E-state index in [9.17, 15) is 40.3 Å². The number of amides is 2. The van der Waals surface area contributed by atoms with Crippen LogP contribution in [0.25, 0.3) is 0 Å². The average Bonchev–Trinajstić information content (AvgIpc) is 3.87. The first kappa shape index (κ1) is 53.0. The maximum absolute atomic E-state index is 15.4. The van der Waals surface area contributed by atoms with Gasteiger partial charge in [0.05, 0.1) is 87.6 Å². The maximum Gasteiger partial charge on any atom is 0.419 e. The molecule has 18 nitrogen and oxygen atoms in total. The molecule has 4 aromatic heterocycles. The topological polar surface area (TPSA) is 232 Å². The van der Waals surface area contributed by atoms with Crippen LogP contribution in [0.1, 0.15) is 65.7 Å². The van der Waals surface area contributed by atoms with Crippen LogP contribution in [0.2, 0.25) is 0 Å². The van der Waals surface area contributed by atoms with Gasteiger partial charge in [-0.05, 0) is 70.3 Å². The Morgan fingerprint density at radius 2 is 1.26 bits per heavy atom. The highest BCUT2D eigenvalue weighted by Gasteiger charge is 2.37. The molecule has 0 atom stereocenters. The number of pyridine rings is 2. The molecular weight excluding hydrogens is 973 g/mol. The summed E-state index contributed by atoms with van der Waals surface area (Å²) in [7, 11) is 3.55. The van der Waals surface area contributed by atoms with Gasteiger partial charge in [-0.1, -0.05) is 0 Å². The standard InChI is InChI=1S/C47H50F8N16O2/c1-25-40(12-28(19-60-25)44(72)64-32-15-30(46(50,51)52)14-31(48)16-32)69(58)23-38(57)35-22-63-71(27(35)3)7-6-39-41(70(59)24-37(56)34-21-62-67(5)26(34)2)13-29(20-61-39)45(73)65-33-17-36(47(53,54)55)43(49)42(18-33)68-10-8-66(4)9-11-68/h12-22,56-57H,6-11,23-24,58-59H2,1-5H3,(H,64,72)(H,65,73). The van der Waals surface area contributed by atoms with Crippen molar-refractivity contribution in [1.29, 1.82) is 10.8 Å². The Hall–Kier alpha value is -7.84. The van der Waals surface area contributed by atoms with Crippen LogP contribution in [0.4, 0.5) is 63.6 Å². The highest BCUT2D eigenvalue weighted by Crippen LogP contribution is 2.39. The third-order valence-electron chi connectivity index (χ3n) is 12.3. The minimum Gasteiger partial charge on any atom is -0.367 e. The predicted octanol–water partition coefficient (Wildman–Crippen LogP) is 6.64. The predicted molar refractivity (Wildman–Crippen MR) is 257 cm³/mol. The second-order valence-electron chi connectivity index (χ2n) is 17.4. The van der Waals surface area contributed by atoms with Crippen molar-refractivity contribution in [2.24, 2.45) is 18.7 Å². The lowest BCUT2D eigenvalue weighted by atomic mass is 10.1. The molecule has 5 heterocycles. The lowest BCUT2D eigenvalue weighted by Gasteiger charge is -2.34. The van der Waals surface area contributed by atoms with Gasteiger partial charge in [0.2, 0.25) is 0 Å². The number of piperazine rings is 1. The number of halogens is 8. The van der Waals surface area contributed by atoms with Gasteiger partial charge >= 0.3 is 12.4 Å². The van der Waals surface area contributed by atoms with Crippen molar-refractivity contribution in [1.82, 2.24) is 34.4 Å². The van der Waals surface area contributed by atoms with Gasteiger partial charge in [0, 0.05) is 92.5 Å². The molecule has 386 valence electrons. The third kappa shape index (κ3) is 12.1. The van der Waals surface area contributed by atoms with Gasteiger partial charge in [-0.2, -0.15) is 36.5 Å². The van der Waals surface area contributed by atoms with Gasteiger partial charge in [0.25, 0.3) is 11.8 Å². The van der Waals surface area contributed by atoms with E-state index in [4.69, 9.17) is 22.5 Å². The Morgan fingerprint density at radius 3 is 1.85 bits per heavy atom. The summed E-state index contributed by atoms with van der Waals surface area (Å²) in [6, 6.07) is 6.02. The molecule has 2 aromatic carbocycles. The Balaban J connectivity index is 1.09. The van der Waals surface area contributed by atoms with Gasteiger partial charge in [-0.25, -0.2) is 20.5 Å². The summed E-state index contributed by atoms with van der Waals surface area (Å²) < 4.78 is 115. The molecule has 8 N–H and O–H groups in total. The summed E-state index contributed by atoms with van der Waals surface area (Å²) in [5.74, 6) is 8.58. The molecule has 1 aliphatic rings. The third-order valence-corrected chi connectivity index (χ3v) is 12.3. The number of benzene rings is 2. The van der Waals surface area contributed by atoms with Crippen LogP contribution in [-0.2, 0) is 32.4 Å². The number of hydrogen-bond donors (Lipinski definition) is 6. The van der Waals surface area contributed by atoms with E-state index in [2.05, 4.69) is 30.8 Å². The first-order chi connectivity index (χ1) is 34.3. The van der Waals surface area contributed by atoms with Crippen LogP contribution in [0.15, 0.2) is 67.3 Å². The zero-order valence-electron chi connectivity index (χ0n) is 40.0. The van der Waals surface area contributed by atoms with Crippen molar-refractivity contribution >= 4 is 51.7 Å². The van der Waals surface area contributed by atoms with Crippen LogP contribution in [0.3, 0.4) is 0 Å². The SMILES string of the molecule is Cc1ncc(C(=O)Nc2cc(F)cc(C(F)(F)F)c2)cc1N(N)CC(=N)c1cnn(CCc2ncc(C(=O)Nc3cc(N4CCN(C)CC4)c(F)c(C(F)(F)F)c3)cc2N(N)CC(=N)c2cnn(C)c2C)c1C. The summed E-state index contributed by atoms with van der Waals surface area (Å²) in [5, 5.41) is 33.5. The second-order valence-corrected chi connectivity index (χ2v) is 17.4. The molecule has 0 radical (unpaired) electrons. The fourth-order valence-electron chi connectivity index (χ4n) is 8.04. The number of nitrogens with one attached hydrogen (secondary N) is 4. The zero-order chi connectivity index (χ0) is 53.3.